The van der Waals surface area contributed by atoms with Gasteiger partial charge in [0.1, 0.15) is 0 Å². The van der Waals surface area contributed by atoms with Crippen LogP contribution < -0.4 is 10.2 Å². The van der Waals surface area contributed by atoms with Crippen LogP contribution in [-0.2, 0) is 6.18 Å². The van der Waals surface area contributed by atoms with Gasteiger partial charge in [0.15, 0.2) is 0 Å². The number of nitrogens with one attached hydrogen (secondary N) is 1. The lowest BCUT2D eigenvalue weighted by Crippen LogP contribution is -2.39. The van der Waals surface area contributed by atoms with Crippen LogP contribution in [0.1, 0.15) is 24.0 Å². The lowest BCUT2D eigenvalue weighted by Gasteiger charge is -2.34. The first-order chi connectivity index (χ1) is 11.5. The van der Waals surface area contributed by atoms with E-state index in [0.29, 0.717) is 0 Å². The Hall–Kier alpha value is -2.20. The number of nitrogens with zero attached hydrogens (tertiary/aromatic N) is 2. The van der Waals surface area contributed by atoms with E-state index >= 15 is 0 Å². The van der Waals surface area contributed by atoms with Gasteiger partial charge in [-0.15, -0.1) is 11.3 Å². The fraction of sp³-hybridized carbons (Fsp3) is 0.353. The Kier molecular flexibility index (Phi) is 4.67. The SMILES string of the molecule is N#Cc1ccc(C(F)(F)F)c(NC2CCN(c3cccs3)CC2)c1. The zero-order valence-electron chi connectivity index (χ0n) is 12.8. The van der Waals surface area contributed by atoms with Crippen LogP contribution in [0.15, 0.2) is 35.7 Å². The number of rotatable bonds is 3. The van der Waals surface area contributed by atoms with Crippen molar-refractivity contribution in [3.8, 4) is 6.07 Å². The van der Waals surface area contributed by atoms with Gasteiger partial charge in [0.25, 0.3) is 0 Å². The van der Waals surface area contributed by atoms with Gasteiger partial charge in [0.05, 0.1) is 22.2 Å². The van der Waals surface area contributed by atoms with Crippen LogP contribution in [0.25, 0.3) is 0 Å². The van der Waals surface area contributed by atoms with E-state index in [1.807, 2.05) is 17.5 Å². The van der Waals surface area contributed by atoms with Crippen LogP contribution in [0.5, 0.6) is 0 Å². The second kappa shape index (κ2) is 6.73. The first-order valence-corrected chi connectivity index (χ1v) is 8.51. The molecule has 1 aliphatic rings. The van der Waals surface area contributed by atoms with Crippen molar-refractivity contribution in [3.05, 3.63) is 46.8 Å². The standard InChI is InChI=1S/C17H16F3N3S/c18-17(19,20)14-4-3-12(11-21)10-15(14)22-13-5-7-23(8-6-13)16-2-1-9-24-16/h1-4,9-10,13,22H,5-8H2. The smallest absolute Gasteiger partial charge is 0.382 e. The minimum atomic E-state index is -4.44. The summed E-state index contributed by atoms with van der Waals surface area (Å²) in [6, 6.07) is 9.37. The predicted molar refractivity (Wildman–Crippen MR) is 89.3 cm³/mol. The molecule has 1 aromatic carbocycles. The van der Waals surface area contributed by atoms with E-state index in [2.05, 4.69) is 16.3 Å². The summed E-state index contributed by atoms with van der Waals surface area (Å²) in [6.07, 6.45) is -2.92. The van der Waals surface area contributed by atoms with E-state index in [9.17, 15) is 13.2 Å². The lowest BCUT2D eigenvalue weighted by atomic mass is 10.0. The first kappa shape index (κ1) is 16.7. The van der Waals surface area contributed by atoms with Crippen molar-refractivity contribution in [3.63, 3.8) is 0 Å². The van der Waals surface area contributed by atoms with E-state index in [1.165, 1.54) is 17.1 Å². The quantitative estimate of drug-likeness (QED) is 0.870. The molecule has 1 N–H and O–H groups in total. The van der Waals surface area contributed by atoms with Gasteiger partial charge in [-0.1, -0.05) is 0 Å². The third kappa shape index (κ3) is 3.65. The Labute approximate surface area is 142 Å². The highest BCUT2D eigenvalue weighted by atomic mass is 32.1. The van der Waals surface area contributed by atoms with Crippen molar-refractivity contribution in [2.24, 2.45) is 0 Å². The highest BCUT2D eigenvalue weighted by Gasteiger charge is 2.34. The fourth-order valence-corrected chi connectivity index (χ4v) is 3.68. The van der Waals surface area contributed by atoms with Crippen LogP contribution in [0.2, 0.25) is 0 Å². The minimum absolute atomic E-state index is 0.00359. The summed E-state index contributed by atoms with van der Waals surface area (Å²) < 4.78 is 39.5. The fourth-order valence-electron chi connectivity index (χ4n) is 2.89. The average molecular weight is 351 g/mol. The Morgan fingerprint density at radius 2 is 1.96 bits per heavy atom. The maximum Gasteiger partial charge on any atom is 0.418 e. The van der Waals surface area contributed by atoms with Crippen LogP contribution in [0, 0.1) is 11.3 Å². The van der Waals surface area contributed by atoms with Gasteiger partial charge in [-0.3, -0.25) is 0 Å². The normalized spacial score (nSPS) is 16.0. The molecular formula is C17H16F3N3S. The Morgan fingerprint density at radius 3 is 2.54 bits per heavy atom. The zero-order valence-corrected chi connectivity index (χ0v) is 13.6. The summed E-state index contributed by atoms with van der Waals surface area (Å²) in [7, 11) is 0. The molecule has 2 aromatic rings. The van der Waals surface area contributed by atoms with Crippen LogP contribution >= 0.6 is 11.3 Å². The predicted octanol–water partition coefficient (Wildman–Crippen LogP) is 4.72. The van der Waals surface area contributed by atoms with Crippen molar-refractivity contribution in [2.45, 2.75) is 25.1 Å². The van der Waals surface area contributed by atoms with E-state index in [0.717, 1.165) is 32.0 Å². The molecule has 0 saturated carbocycles. The average Bonchev–Trinajstić information content (AvgIpc) is 3.09. The number of halogens is 3. The number of benzene rings is 1. The van der Waals surface area contributed by atoms with Gasteiger partial charge in [-0.25, -0.2) is 0 Å². The number of hydrogen-bond acceptors (Lipinski definition) is 4. The summed E-state index contributed by atoms with van der Waals surface area (Å²) in [6.45, 7) is 1.61. The molecule has 1 saturated heterocycles. The van der Waals surface area contributed by atoms with Gasteiger partial charge < -0.3 is 10.2 Å². The van der Waals surface area contributed by atoms with Gasteiger partial charge in [-0.05, 0) is 48.6 Å². The molecule has 0 radical (unpaired) electrons. The molecule has 3 nitrogen and oxygen atoms in total. The molecule has 2 heterocycles. The largest absolute Gasteiger partial charge is 0.418 e. The lowest BCUT2D eigenvalue weighted by molar-refractivity contribution is -0.137. The van der Waals surface area contributed by atoms with Crippen molar-refractivity contribution in [1.29, 1.82) is 5.26 Å². The molecule has 126 valence electrons. The molecule has 0 amide bonds. The maximum atomic E-state index is 13.2. The highest BCUT2D eigenvalue weighted by molar-refractivity contribution is 7.14. The molecule has 0 atom stereocenters. The second-order valence-corrected chi connectivity index (χ2v) is 6.65. The molecule has 7 heteroatoms. The Balaban J connectivity index is 1.71. The molecule has 24 heavy (non-hydrogen) atoms. The number of thiophene rings is 1. The van der Waals surface area contributed by atoms with E-state index in [-0.39, 0.29) is 17.3 Å². The van der Waals surface area contributed by atoms with E-state index in [1.54, 1.807) is 11.3 Å². The molecular weight excluding hydrogens is 335 g/mol. The van der Waals surface area contributed by atoms with Crippen LogP contribution in [0.3, 0.4) is 0 Å². The maximum absolute atomic E-state index is 13.2. The third-order valence-electron chi connectivity index (χ3n) is 4.13. The molecule has 3 rings (SSSR count). The Bertz CT molecular complexity index is 727. The van der Waals surface area contributed by atoms with E-state index in [4.69, 9.17) is 5.26 Å². The van der Waals surface area contributed by atoms with Crippen LogP contribution in [-0.4, -0.2) is 19.1 Å². The van der Waals surface area contributed by atoms with Crippen molar-refractivity contribution < 1.29 is 13.2 Å². The monoisotopic (exact) mass is 351 g/mol. The Morgan fingerprint density at radius 1 is 1.21 bits per heavy atom. The number of hydrogen-bond donors (Lipinski definition) is 1. The summed E-state index contributed by atoms with van der Waals surface area (Å²) >= 11 is 1.67. The molecule has 1 aliphatic heterocycles. The summed E-state index contributed by atoms with van der Waals surface area (Å²) in [5.41, 5.74) is -0.500. The highest BCUT2D eigenvalue weighted by Crippen LogP contribution is 2.36. The second-order valence-electron chi connectivity index (χ2n) is 5.73. The molecule has 0 bridgehead atoms. The van der Waals surface area contributed by atoms with Gasteiger partial charge in [-0.2, -0.15) is 18.4 Å². The number of nitriles is 1. The number of piperidine rings is 1. The summed E-state index contributed by atoms with van der Waals surface area (Å²) in [5.74, 6) is 0. The number of anilines is 2. The van der Waals surface area contributed by atoms with E-state index < -0.39 is 11.7 Å². The molecule has 1 fully saturated rings. The van der Waals surface area contributed by atoms with Gasteiger partial charge in [0.2, 0.25) is 0 Å². The molecule has 1 aromatic heterocycles. The van der Waals surface area contributed by atoms with Crippen molar-refractivity contribution >= 4 is 22.0 Å². The minimum Gasteiger partial charge on any atom is -0.382 e. The zero-order chi connectivity index (χ0) is 17.2. The summed E-state index contributed by atoms with van der Waals surface area (Å²) in [4.78, 5) is 2.25. The third-order valence-corrected chi connectivity index (χ3v) is 5.06. The first-order valence-electron chi connectivity index (χ1n) is 7.63. The molecule has 0 unspecified atom stereocenters. The van der Waals surface area contributed by atoms with Crippen molar-refractivity contribution in [2.75, 3.05) is 23.3 Å². The topological polar surface area (TPSA) is 39.1 Å². The molecule has 0 spiro atoms. The van der Waals surface area contributed by atoms with Gasteiger partial charge in [0, 0.05) is 24.8 Å². The molecule has 0 aliphatic carbocycles. The van der Waals surface area contributed by atoms with Crippen molar-refractivity contribution in [1.82, 2.24) is 0 Å². The van der Waals surface area contributed by atoms with Crippen LogP contribution in [0.4, 0.5) is 23.9 Å². The summed E-state index contributed by atoms with van der Waals surface area (Å²) in [5, 5.41) is 15.1. The van der Waals surface area contributed by atoms with Gasteiger partial charge >= 0.3 is 6.18 Å². The number of alkyl halides is 3.